The van der Waals surface area contributed by atoms with Crippen molar-refractivity contribution in [1.29, 1.82) is 0 Å². The van der Waals surface area contributed by atoms with Gasteiger partial charge >= 0.3 is 0 Å². The second-order valence-electron chi connectivity index (χ2n) is 7.06. The van der Waals surface area contributed by atoms with Crippen molar-refractivity contribution in [3.05, 3.63) is 138 Å². The van der Waals surface area contributed by atoms with Crippen molar-refractivity contribution in [1.82, 2.24) is 0 Å². The fourth-order valence-electron chi connectivity index (χ4n) is 3.28. The molecule has 0 fully saturated rings. The third-order valence-electron chi connectivity index (χ3n) is 4.93. The van der Waals surface area contributed by atoms with E-state index in [2.05, 4.69) is 84.0 Å². The SMILES string of the molecule is CN(/N=C/c1ccc(C=C(c2ccccc2)c2ccccc2)cc1)c1ccccc1. The molecular formula is C28H24N2. The first-order valence-corrected chi connectivity index (χ1v) is 10.0. The molecule has 146 valence electrons. The third-order valence-corrected chi connectivity index (χ3v) is 4.93. The Labute approximate surface area is 178 Å². The summed E-state index contributed by atoms with van der Waals surface area (Å²) in [5.74, 6) is 0. The molecular weight excluding hydrogens is 364 g/mol. The molecule has 0 aromatic heterocycles. The molecule has 0 radical (unpaired) electrons. The number of anilines is 1. The van der Waals surface area contributed by atoms with Crippen molar-refractivity contribution in [2.45, 2.75) is 0 Å². The van der Waals surface area contributed by atoms with Gasteiger partial charge in [0, 0.05) is 7.05 Å². The van der Waals surface area contributed by atoms with Gasteiger partial charge in [0.15, 0.2) is 0 Å². The quantitative estimate of drug-likeness (QED) is 0.203. The molecule has 4 rings (SSSR count). The number of hydrogen-bond donors (Lipinski definition) is 0. The van der Waals surface area contributed by atoms with E-state index in [9.17, 15) is 0 Å². The highest BCUT2D eigenvalue weighted by Crippen LogP contribution is 2.26. The first-order valence-electron chi connectivity index (χ1n) is 10.0. The number of hydrazone groups is 1. The summed E-state index contributed by atoms with van der Waals surface area (Å²) >= 11 is 0. The summed E-state index contributed by atoms with van der Waals surface area (Å²) in [7, 11) is 1.95. The van der Waals surface area contributed by atoms with Crippen LogP contribution in [0.4, 0.5) is 5.69 Å². The standard InChI is InChI=1S/C28H24N2/c1-30(27-15-9-4-10-16-27)29-22-24-19-17-23(18-20-24)21-28(25-11-5-2-6-12-25)26-13-7-3-8-14-26/h2-22H,1H3/b29-22+. The molecule has 0 N–H and O–H groups in total. The number of hydrogen-bond acceptors (Lipinski definition) is 2. The van der Waals surface area contributed by atoms with E-state index in [-0.39, 0.29) is 0 Å². The maximum absolute atomic E-state index is 4.54. The maximum Gasteiger partial charge on any atom is 0.0590 e. The van der Waals surface area contributed by atoms with Gasteiger partial charge in [0.25, 0.3) is 0 Å². The zero-order valence-corrected chi connectivity index (χ0v) is 17.0. The monoisotopic (exact) mass is 388 g/mol. The molecule has 0 unspecified atom stereocenters. The van der Waals surface area contributed by atoms with Crippen molar-refractivity contribution in [3.63, 3.8) is 0 Å². The Morgan fingerprint density at radius 3 is 1.60 bits per heavy atom. The predicted molar refractivity (Wildman–Crippen MR) is 129 cm³/mol. The first kappa shape index (κ1) is 19.4. The van der Waals surface area contributed by atoms with Crippen LogP contribution in [-0.2, 0) is 0 Å². The van der Waals surface area contributed by atoms with Crippen molar-refractivity contribution >= 4 is 23.6 Å². The normalized spacial score (nSPS) is 10.7. The molecule has 0 saturated heterocycles. The molecule has 0 spiro atoms. The minimum atomic E-state index is 1.06. The van der Waals surface area contributed by atoms with Crippen molar-refractivity contribution in [3.8, 4) is 0 Å². The molecule has 0 amide bonds. The van der Waals surface area contributed by atoms with Gasteiger partial charge in [0.1, 0.15) is 0 Å². The number of benzene rings is 4. The number of para-hydroxylation sites is 1. The smallest absolute Gasteiger partial charge is 0.0590 e. The van der Waals surface area contributed by atoms with Gasteiger partial charge in [-0.25, -0.2) is 0 Å². The van der Waals surface area contributed by atoms with Crippen LogP contribution >= 0.6 is 0 Å². The van der Waals surface area contributed by atoms with Crippen LogP contribution in [0.5, 0.6) is 0 Å². The Morgan fingerprint density at radius 1 is 0.600 bits per heavy atom. The number of nitrogens with zero attached hydrogens (tertiary/aromatic N) is 2. The summed E-state index contributed by atoms with van der Waals surface area (Å²) in [6.45, 7) is 0. The van der Waals surface area contributed by atoms with Crippen LogP contribution in [0.2, 0.25) is 0 Å². The van der Waals surface area contributed by atoms with Gasteiger partial charge in [-0.1, -0.05) is 103 Å². The predicted octanol–water partition coefficient (Wildman–Crippen LogP) is 6.75. The summed E-state index contributed by atoms with van der Waals surface area (Å²) in [6.07, 6.45) is 4.12. The van der Waals surface area contributed by atoms with Crippen molar-refractivity contribution < 1.29 is 0 Å². The van der Waals surface area contributed by atoms with Crippen LogP contribution in [-0.4, -0.2) is 13.3 Å². The molecule has 2 nitrogen and oxygen atoms in total. The fourth-order valence-corrected chi connectivity index (χ4v) is 3.28. The lowest BCUT2D eigenvalue weighted by atomic mass is 9.95. The first-order chi connectivity index (χ1) is 14.8. The van der Waals surface area contributed by atoms with Gasteiger partial charge in [-0.05, 0) is 46.0 Å². The molecule has 0 heterocycles. The van der Waals surface area contributed by atoms with Crippen molar-refractivity contribution in [2.24, 2.45) is 5.10 Å². The van der Waals surface area contributed by atoms with E-state index in [0.29, 0.717) is 0 Å². The minimum Gasteiger partial charge on any atom is -0.269 e. The average Bonchev–Trinajstić information content (AvgIpc) is 2.83. The van der Waals surface area contributed by atoms with Crippen molar-refractivity contribution in [2.75, 3.05) is 12.1 Å². The van der Waals surface area contributed by atoms with Gasteiger partial charge in [-0.2, -0.15) is 5.10 Å². The molecule has 0 aliphatic heterocycles. The van der Waals surface area contributed by atoms with E-state index in [1.165, 1.54) is 16.7 Å². The van der Waals surface area contributed by atoms with E-state index < -0.39 is 0 Å². The van der Waals surface area contributed by atoms with Gasteiger partial charge in [0.2, 0.25) is 0 Å². The molecule has 2 heteroatoms. The highest BCUT2D eigenvalue weighted by atomic mass is 15.4. The van der Waals surface area contributed by atoms with E-state index in [1.807, 2.05) is 60.7 Å². The second kappa shape index (κ2) is 9.53. The molecule has 30 heavy (non-hydrogen) atoms. The molecule has 4 aromatic rings. The number of rotatable bonds is 6. The largest absolute Gasteiger partial charge is 0.269 e. The Morgan fingerprint density at radius 2 is 1.07 bits per heavy atom. The molecule has 0 saturated carbocycles. The summed E-state index contributed by atoms with van der Waals surface area (Å²) in [5, 5.41) is 6.42. The maximum atomic E-state index is 4.54. The Kier molecular flexibility index (Phi) is 6.16. The summed E-state index contributed by atoms with van der Waals surface area (Å²) in [4.78, 5) is 0. The van der Waals surface area contributed by atoms with Gasteiger partial charge < -0.3 is 0 Å². The van der Waals surface area contributed by atoms with Crippen LogP contribution < -0.4 is 5.01 Å². The van der Waals surface area contributed by atoms with Crippen LogP contribution in [0, 0.1) is 0 Å². The lowest BCUT2D eigenvalue weighted by molar-refractivity contribution is 1.02. The lowest BCUT2D eigenvalue weighted by Gasteiger charge is -2.12. The van der Waals surface area contributed by atoms with Crippen LogP contribution in [0.25, 0.3) is 11.6 Å². The van der Waals surface area contributed by atoms with Gasteiger partial charge in [-0.15, -0.1) is 0 Å². The summed E-state index contributed by atoms with van der Waals surface area (Å²) in [6, 6.07) is 39.6. The topological polar surface area (TPSA) is 15.6 Å². The van der Waals surface area contributed by atoms with E-state index in [1.54, 1.807) is 0 Å². The van der Waals surface area contributed by atoms with E-state index in [4.69, 9.17) is 0 Å². The van der Waals surface area contributed by atoms with E-state index >= 15 is 0 Å². The highest BCUT2D eigenvalue weighted by Gasteiger charge is 2.05. The average molecular weight is 389 g/mol. The summed E-state index contributed by atoms with van der Waals surface area (Å²) < 4.78 is 0. The zero-order chi connectivity index (χ0) is 20.6. The molecule has 0 aliphatic rings. The third kappa shape index (κ3) is 4.92. The van der Waals surface area contributed by atoms with Gasteiger partial charge in [-0.3, -0.25) is 5.01 Å². The van der Waals surface area contributed by atoms with Gasteiger partial charge in [0.05, 0.1) is 11.9 Å². The summed E-state index contributed by atoms with van der Waals surface area (Å²) in [5.41, 5.74) is 6.91. The zero-order valence-electron chi connectivity index (χ0n) is 17.0. The Bertz CT molecular complexity index is 1070. The van der Waals surface area contributed by atoms with Crippen LogP contribution in [0.15, 0.2) is 120 Å². The van der Waals surface area contributed by atoms with Crippen LogP contribution in [0.1, 0.15) is 22.3 Å². The molecule has 0 aliphatic carbocycles. The fraction of sp³-hybridized carbons (Fsp3) is 0.0357. The second-order valence-corrected chi connectivity index (χ2v) is 7.06. The molecule has 4 aromatic carbocycles. The van der Waals surface area contributed by atoms with Crippen LogP contribution in [0.3, 0.4) is 0 Å². The Balaban J connectivity index is 1.57. The molecule has 0 bridgehead atoms. The minimum absolute atomic E-state index is 1.06. The Hall–Kier alpha value is -3.91. The molecule has 0 atom stereocenters. The lowest BCUT2D eigenvalue weighted by Crippen LogP contribution is -2.08. The highest BCUT2D eigenvalue weighted by molar-refractivity contribution is 5.91. The van der Waals surface area contributed by atoms with E-state index in [0.717, 1.165) is 16.8 Å².